The van der Waals surface area contributed by atoms with Crippen molar-refractivity contribution in [3.63, 3.8) is 0 Å². The number of unbranched alkanes of at least 4 members (excludes halogenated alkanes) is 1. The van der Waals surface area contributed by atoms with Crippen LogP contribution in [0.3, 0.4) is 0 Å². The van der Waals surface area contributed by atoms with Crippen molar-refractivity contribution in [2.24, 2.45) is 0 Å². The molecule has 1 atom stereocenters. The molecule has 0 spiro atoms. The molecular weight excluding hydrogens is 490 g/mol. The summed E-state index contributed by atoms with van der Waals surface area (Å²) < 4.78 is 55.8. The van der Waals surface area contributed by atoms with Crippen LogP contribution in [0, 0.1) is 11.6 Å². The van der Waals surface area contributed by atoms with Gasteiger partial charge >= 0.3 is 10.2 Å². The molecule has 36 heavy (non-hydrogen) atoms. The lowest BCUT2D eigenvalue weighted by Gasteiger charge is -2.34. The zero-order chi connectivity index (χ0) is 26.9. The van der Waals surface area contributed by atoms with Crippen molar-refractivity contribution in [3.05, 3.63) is 65.7 Å². The first kappa shape index (κ1) is 29.2. The number of hydrogen-bond acceptors (Lipinski definition) is 4. The molecule has 11 heteroatoms. The van der Waals surface area contributed by atoms with E-state index in [0.717, 1.165) is 23.2 Å². The van der Waals surface area contributed by atoms with Gasteiger partial charge in [-0.3, -0.25) is 9.59 Å². The van der Waals surface area contributed by atoms with E-state index in [2.05, 4.69) is 5.32 Å². The van der Waals surface area contributed by atoms with Crippen LogP contribution in [-0.2, 0) is 26.3 Å². The lowest BCUT2D eigenvalue weighted by Crippen LogP contribution is -2.53. The molecule has 198 valence electrons. The first-order valence-corrected chi connectivity index (χ1v) is 13.2. The minimum Gasteiger partial charge on any atom is -0.354 e. The topological polar surface area (TPSA) is 90.0 Å². The van der Waals surface area contributed by atoms with Crippen LogP contribution in [0.4, 0.5) is 14.5 Å². The van der Waals surface area contributed by atoms with Crippen molar-refractivity contribution in [1.82, 2.24) is 14.5 Å². The second-order valence-electron chi connectivity index (χ2n) is 8.46. The zero-order valence-corrected chi connectivity index (χ0v) is 21.9. The second kappa shape index (κ2) is 13.3. The predicted octanol–water partition coefficient (Wildman–Crippen LogP) is 3.30. The Bertz CT molecular complexity index is 1130. The average Bonchev–Trinajstić information content (AvgIpc) is 2.84. The number of hydrogen-bond donors (Lipinski definition) is 1. The Morgan fingerprint density at radius 3 is 2.19 bits per heavy atom. The van der Waals surface area contributed by atoms with E-state index >= 15 is 0 Å². The molecule has 0 aliphatic rings. The van der Waals surface area contributed by atoms with Crippen LogP contribution in [0.5, 0.6) is 0 Å². The zero-order valence-electron chi connectivity index (χ0n) is 21.1. The first-order valence-electron chi connectivity index (χ1n) is 11.8. The van der Waals surface area contributed by atoms with Crippen molar-refractivity contribution < 1.29 is 26.8 Å². The molecule has 0 aliphatic heterocycles. The van der Waals surface area contributed by atoms with Crippen molar-refractivity contribution in [2.75, 3.05) is 31.5 Å². The number of halogens is 2. The molecule has 0 unspecified atom stereocenters. The standard InChI is InChI=1S/C25H34F2N4O4S/c1-5-7-16-28-25(33)22(6-2)30(17-19-12-14-20(26)15-13-19)24(32)18-31(36(34,35)29(3)4)23-11-9-8-10-21(23)27/h8-15,22H,5-7,16-18H2,1-4H3,(H,28,33)/t22-/m1/s1. The third kappa shape index (κ3) is 7.47. The highest BCUT2D eigenvalue weighted by atomic mass is 32.2. The average molecular weight is 525 g/mol. The molecule has 2 aromatic carbocycles. The Morgan fingerprint density at radius 2 is 1.64 bits per heavy atom. The largest absolute Gasteiger partial charge is 0.354 e. The van der Waals surface area contributed by atoms with E-state index in [1.807, 2.05) is 6.92 Å². The van der Waals surface area contributed by atoms with Crippen LogP contribution in [0.15, 0.2) is 48.5 Å². The van der Waals surface area contributed by atoms with E-state index in [1.54, 1.807) is 6.92 Å². The Morgan fingerprint density at radius 1 is 1.00 bits per heavy atom. The normalized spacial score (nSPS) is 12.3. The van der Waals surface area contributed by atoms with E-state index in [-0.39, 0.29) is 24.6 Å². The summed E-state index contributed by atoms with van der Waals surface area (Å²) in [6, 6.07) is 9.79. The quantitative estimate of drug-likeness (QED) is 0.407. The highest BCUT2D eigenvalue weighted by Gasteiger charge is 2.34. The smallest absolute Gasteiger partial charge is 0.304 e. The van der Waals surface area contributed by atoms with E-state index in [1.165, 1.54) is 61.5 Å². The molecule has 0 aliphatic carbocycles. The lowest BCUT2D eigenvalue weighted by atomic mass is 10.1. The lowest BCUT2D eigenvalue weighted by molar-refractivity contribution is -0.140. The van der Waals surface area contributed by atoms with Gasteiger partial charge in [-0.25, -0.2) is 13.1 Å². The number of anilines is 1. The number of rotatable bonds is 13. The third-order valence-electron chi connectivity index (χ3n) is 5.62. The number of nitrogens with one attached hydrogen (secondary N) is 1. The van der Waals surface area contributed by atoms with Gasteiger partial charge in [-0.15, -0.1) is 0 Å². The third-order valence-corrected chi connectivity index (χ3v) is 7.43. The number of para-hydroxylation sites is 1. The summed E-state index contributed by atoms with van der Waals surface area (Å²) in [5, 5.41) is 2.81. The maximum atomic E-state index is 14.6. The van der Waals surface area contributed by atoms with Gasteiger partial charge in [0.15, 0.2) is 0 Å². The van der Waals surface area contributed by atoms with Gasteiger partial charge in [-0.2, -0.15) is 12.7 Å². The van der Waals surface area contributed by atoms with Gasteiger partial charge in [0.1, 0.15) is 24.2 Å². The number of carbonyl (C=O) groups is 2. The predicted molar refractivity (Wildman–Crippen MR) is 135 cm³/mol. The molecule has 2 aromatic rings. The fraction of sp³-hybridized carbons (Fsp3) is 0.440. The van der Waals surface area contributed by atoms with Gasteiger partial charge in [0.2, 0.25) is 11.8 Å². The molecule has 2 rings (SSSR count). The summed E-state index contributed by atoms with van der Waals surface area (Å²) in [4.78, 5) is 27.9. The van der Waals surface area contributed by atoms with Crippen LogP contribution in [0.2, 0.25) is 0 Å². The van der Waals surface area contributed by atoms with Crippen LogP contribution in [0.25, 0.3) is 0 Å². The summed E-state index contributed by atoms with van der Waals surface area (Å²) in [7, 11) is -1.71. The van der Waals surface area contributed by atoms with Gasteiger partial charge < -0.3 is 10.2 Å². The molecular formula is C25H34F2N4O4S. The molecule has 0 heterocycles. The summed E-state index contributed by atoms with van der Waals surface area (Å²) >= 11 is 0. The second-order valence-corrected chi connectivity index (χ2v) is 10.5. The molecule has 0 fully saturated rings. The molecule has 0 bridgehead atoms. The fourth-order valence-electron chi connectivity index (χ4n) is 3.57. The first-order chi connectivity index (χ1) is 17.0. The molecule has 8 nitrogen and oxygen atoms in total. The van der Waals surface area contributed by atoms with Crippen LogP contribution in [0.1, 0.15) is 38.7 Å². The van der Waals surface area contributed by atoms with Gasteiger partial charge in [-0.1, -0.05) is 44.5 Å². The van der Waals surface area contributed by atoms with E-state index < -0.39 is 40.3 Å². The number of benzene rings is 2. The summed E-state index contributed by atoms with van der Waals surface area (Å²) in [6.45, 7) is 3.35. The number of nitrogens with zero attached hydrogens (tertiary/aromatic N) is 3. The molecule has 1 N–H and O–H groups in total. The summed E-state index contributed by atoms with van der Waals surface area (Å²) in [5.41, 5.74) is 0.263. The van der Waals surface area contributed by atoms with Gasteiger partial charge in [-0.05, 0) is 42.7 Å². The van der Waals surface area contributed by atoms with Gasteiger partial charge in [0.05, 0.1) is 5.69 Å². The maximum Gasteiger partial charge on any atom is 0.304 e. The monoisotopic (exact) mass is 524 g/mol. The number of amides is 2. The van der Waals surface area contributed by atoms with E-state index in [4.69, 9.17) is 0 Å². The molecule has 0 aromatic heterocycles. The molecule has 0 saturated heterocycles. The van der Waals surface area contributed by atoms with E-state index in [0.29, 0.717) is 16.4 Å². The fourth-order valence-corrected chi connectivity index (χ4v) is 4.63. The summed E-state index contributed by atoms with van der Waals surface area (Å²) in [5.74, 6) is -2.35. The maximum absolute atomic E-state index is 14.6. The van der Waals surface area contributed by atoms with Crippen molar-refractivity contribution in [1.29, 1.82) is 0 Å². The highest BCUT2D eigenvalue weighted by molar-refractivity contribution is 7.90. The molecule has 0 saturated carbocycles. The van der Waals surface area contributed by atoms with Crippen LogP contribution in [-0.4, -0.2) is 62.7 Å². The van der Waals surface area contributed by atoms with Gasteiger partial charge in [0, 0.05) is 27.2 Å². The van der Waals surface area contributed by atoms with Crippen LogP contribution >= 0.6 is 0 Å². The minimum absolute atomic E-state index is 0.0636. The molecule has 0 radical (unpaired) electrons. The minimum atomic E-state index is -4.26. The Hall–Kier alpha value is -3.05. The SMILES string of the molecule is CCCCNC(=O)[C@@H](CC)N(Cc1ccc(F)cc1)C(=O)CN(c1ccccc1F)S(=O)(=O)N(C)C. The number of carbonyl (C=O) groups excluding carboxylic acids is 2. The van der Waals surface area contributed by atoms with Gasteiger partial charge in [0.25, 0.3) is 0 Å². The Labute approximate surface area is 212 Å². The van der Waals surface area contributed by atoms with Crippen molar-refractivity contribution in [3.8, 4) is 0 Å². The Kier molecular flexibility index (Phi) is 10.8. The van der Waals surface area contributed by atoms with Crippen molar-refractivity contribution in [2.45, 2.75) is 45.7 Å². The van der Waals surface area contributed by atoms with E-state index in [9.17, 15) is 26.8 Å². The Balaban J connectivity index is 2.47. The highest BCUT2D eigenvalue weighted by Crippen LogP contribution is 2.24. The van der Waals surface area contributed by atoms with Crippen molar-refractivity contribution >= 4 is 27.7 Å². The van der Waals surface area contributed by atoms with Crippen LogP contribution < -0.4 is 9.62 Å². The molecule has 2 amide bonds. The summed E-state index contributed by atoms with van der Waals surface area (Å²) in [6.07, 6.45) is 1.89.